The summed E-state index contributed by atoms with van der Waals surface area (Å²) in [5.74, 6) is 0.485. The van der Waals surface area contributed by atoms with Crippen molar-refractivity contribution in [2.75, 3.05) is 46.0 Å². The van der Waals surface area contributed by atoms with Gasteiger partial charge in [0.25, 0.3) is 0 Å². The summed E-state index contributed by atoms with van der Waals surface area (Å²) >= 11 is 0. The molecule has 2 aliphatic carbocycles. The Morgan fingerprint density at radius 3 is 3.09 bits per heavy atom. The van der Waals surface area contributed by atoms with Gasteiger partial charge in [-0.05, 0) is 74.8 Å². The van der Waals surface area contributed by atoms with Crippen molar-refractivity contribution in [3.8, 4) is 0 Å². The number of nitrogens with zero attached hydrogens (tertiary/aromatic N) is 1. The maximum Gasteiger partial charge on any atom is 0.310 e. The molecule has 2 unspecified atom stereocenters. The summed E-state index contributed by atoms with van der Waals surface area (Å²) in [7, 11) is 0. The summed E-state index contributed by atoms with van der Waals surface area (Å²) in [5, 5.41) is 3.67. The van der Waals surface area contributed by atoms with E-state index in [-0.39, 0.29) is 11.9 Å². The molecule has 32 heavy (non-hydrogen) atoms. The van der Waals surface area contributed by atoms with Crippen molar-refractivity contribution in [2.45, 2.75) is 45.1 Å². The lowest BCUT2D eigenvalue weighted by atomic mass is 9.77. The first-order chi connectivity index (χ1) is 15.8. The fraction of sp³-hybridized carbons (Fsp3) is 0.593. The average Bonchev–Trinajstić information content (AvgIpc) is 2.81. The Hall–Kier alpha value is -1.95. The van der Waals surface area contributed by atoms with E-state index in [1.807, 2.05) is 6.92 Å². The van der Waals surface area contributed by atoms with Gasteiger partial charge in [-0.25, -0.2) is 0 Å². The fourth-order valence-corrected chi connectivity index (χ4v) is 5.32. The number of piperidine rings is 1. The molecule has 0 aromatic carbocycles. The zero-order valence-corrected chi connectivity index (χ0v) is 19.4. The molecule has 2 aliphatic heterocycles. The average molecular weight is 439 g/mol. The van der Waals surface area contributed by atoms with Crippen LogP contribution in [0.15, 0.2) is 59.3 Å². The van der Waals surface area contributed by atoms with Crippen LogP contribution in [-0.2, 0) is 14.3 Å². The molecule has 0 amide bonds. The first kappa shape index (κ1) is 23.2. The van der Waals surface area contributed by atoms with Crippen LogP contribution in [0.4, 0.5) is 0 Å². The topological polar surface area (TPSA) is 50.8 Å². The van der Waals surface area contributed by atoms with Crippen molar-refractivity contribution in [3.05, 3.63) is 59.3 Å². The van der Waals surface area contributed by atoms with Gasteiger partial charge in [-0.15, -0.1) is 0 Å². The minimum absolute atomic E-state index is 0.0230. The second kappa shape index (κ2) is 11.8. The number of carbonyl (C=O) groups is 1. The van der Waals surface area contributed by atoms with E-state index >= 15 is 0 Å². The van der Waals surface area contributed by atoms with Gasteiger partial charge in [0.1, 0.15) is 0 Å². The molecule has 0 aromatic rings. The fourth-order valence-electron chi connectivity index (χ4n) is 5.32. The SMILES string of the molecule is CCOC(=O)C1CCCN(CCOCCC2CC=CC3=CCCN[C@@H]4C=CC=CC4=C32)C1. The van der Waals surface area contributed by atoms with Gasteiger partial charge in [-0.1, -0.05) is 42.5 Å². The van der Waals surface area contributed by atoms with Gasteiger partial charge < -0.3 is 19.7 Å². The van der Waals surface area contributed by atoms with Crippen molar-refractivity contribution in [2.24, 2.45) is 11.8 Å². The van der Waals surface area contributed by atoms with Gasteiger partial charge in [0, 0.05) is 19.7 Å². The number of likely N-dealkylation sites (tertiary alicyclic amines) is 1. The zero-order chi connectivity index (χ0) is 22.2. The number of rotatable bonds is 8. The van der Waals surface area contributed by atoms with Gasteiger partial charge in [0.15, 0.2) is 0 Å². The number of allylic oxidation sites excluding steroid dienone is 6. The Balaban J connectivity index is 1.28. The molecule has 5 nitrogen and oxygen atoms in total. The summed E-state index contributed by atoms with van der Waals surface area (Å²) < 4.78 is 11.3. The normalized spacial score (nSPS) is 27.9. The highest BCUT2D eigenvalue weighted by Gasteiger charge is 2.28. The quantitative estimate of drug-likeness (QED) is 0.459. The summed E-state index contributed by atoms with van der Waals surface area (Å²) in [5.41, 5.74) is 4.33. The number of ether oxygens (including phenoxy) is 2. The number of carbonyl (C=O) groups excluding carboxylic acids is 1. The van der Waals surface area contributed by atoms with Gasteiger partial charge in [-0.3, -0.25) is 4.79 Å². The highest BCUT2D eigenvalue weighted by Crippen LogP contribution is 2.37. The Labute approximate surface area is 192 Å². The van der Waals surface area contributed by atoms with E-state index < -0.39 is 0 Å². The van der Waals surface area contributed by atoms with Crippen LogP contribution in [-0.4, -0.2) is 62.9 Å². The van der Waals surface area contributed by atoms with Crippen LogP contribution >= 0.6 is 0 Å². The van der Waals surface area contributed by atoms with Crippen molar-refractivity contribution < 1.29 is 14.3 Å². The number of nitrogens with one attached hydrogen (secondary N) is 1. The minimum atomic E-state index is -0.0412. The third-order valence-corrected chi connectivity index (χ3v) is 6.93. The molecule has 1 fully saturated rings. The van der Waals surface area contributed by atoms with Gasteiger partial charge in [-0.2, -0.15) is 0 Å². The molecular weight excluding hydrogens is 400 g/mol. The molecule has 0 radical (unpaired) electrons. The van der Waals surface area contributed by atoms with E-state index in [2.05, 4.69) is 52.7 Å². The van der Waals surface area contributed by atoms with Crippen LogP contribution in [0.3, 0.4) is 0 Å². The molecule has 0 bridgehead atoms. The monoisotopic (exact) mass is 438 g/mol. The van der Waals surface area contributed by atoms with E-state index in [4.69, 9.17) is 9.47 Å². The number of fused-ring (bicyclic) bond motifs is 2. The third-order valence-electron chi connectivity index (χ3n) is 6.93. The first-order valence-corrected chi connectivity index (χ1v) is 12.4. The smallest absolute Gasteiger partial charge is 0.310 e. The summed E-state index contributed by atoms with van der Waals surface area (Å²) in [4.78, 5) is 14.4. The standard InChI is InChI=1S/C27H38N2O3/c1-2-32-27(30)23-11-7-16-29(20-23)17-19-31-18-14-22-9-5-8-21-10-6-15-28-25-13-4-3-12-24(25)26(21)22/h3-5,8,10,12-13,22-23,25,28H,2,6-7,9,11,14-20H2,1H3/t22?,23?,25-/m1/s1. The van der Waals surface area contributed by atoms with Gasteiger partial charge in [0.05, 0.1) is 25.2 Å². The Morgan fingerprint density at radius 1 is 1.25 bits per heavy atom. The molecule has 3 atom stereocenters. The third kappa shape index (κ3) is 5.89. The van der Waals surface area contributed by atoms with Crippen molar-refractivity contribution in [1.82, 2.24) is 10.2 Å². The molecule has 1 saturated heterocycles. The molecule has 0 spiro atoms. The Morgan fingerprint density at radius 2 is 2.19 bits per heavy atom. The lowest BCUT2D eigenvalue weighted by Gasteiger charge is -2.32. The maximum absolute atomic E-state index is 12.0. The Bertz CT molecular complexity index is 808. The highest BCUT2D eigenvalue weighted by atomic mass is 16.5. The van der Waals surface area contributed by atoms with Crippen LogP contribution in [0.25, 0.3) is 0 Å². The van der Waals surface area contributed by atoms with Crippen molar-refractivity contribution >= 4 is 5.97 Å². The predicted octanol–water partition coefficient (Wildman–Crippen LogP) is 3.96. The second-order valence-corrected chi connectivity index (χ2v) is 9.12. The Kier molecular flexibility index (Phi) is 8.55. The lowest BCUT2D eigenvalue weighted by molar-refractivity contribution is -0.150. The number of esters is 1. The minimum Gasteiger partial charge on any atom is -0.466 e. The van der Waals surface area contributed by atoms with E-state index in [1.165, 1.54) is 16.7 Å². The highest BCUT2D eigenvalue weighted by molar-refractivity contribution is 5.72. The second-order valence-electron chi connectivity index (χ2n) is 9.12. The molecule has 174 valence electrons. The molecule has 2 heterocycles. The van der Waals surface area contributed by atoms with Crippen LogP contribution < -0.4 is 5.32 Å². The summed E-state index contributed by atoms with van der Waals surface area (Å²) in [6.07, 6.45) is 21.1. The lowest BCUT2D eigenvalue weighted by Crippen LogP contribution is -2.41. The number of hydrogen-bond donors (Lipinski definition) is 1. The van der Waals surface area contributed by atoms with E-state index in [9.17, 15) is 4.79 Å². The van der Waals surface area contributed by atoms with Crippen LogP contribution in [0.5, 0.6) is 0 Å². The molecular formula is C27H38N2O3. The van der Waals surface area contributed by atoms with E-state index in [0.717, 1.165) is 71.5 Å². The molecule has 4 rings (SSSR count). The molecule has 0 aromatic heterocycles. The molecule has 5 heteroatoms. The van der Waals surface area contributed by atoms with Crippen LogP contribution in [0.1, 0.15) is 39.0 Å². The van der Waals surface area contributed by atoms with E-state index in [0.29, 0.717) is 18.6 Å². The maximum atomic E-state index is 12.0. The van der Waals surface area contributed by atoms with Crippen molar-refractivity contribution in [1.29, 1.82) is 0 Å². The molecule has 1 N–H and O–H groups in total. The number of hydrogen-bond acceptors (Lipinski definition) is 5. The summed E-state index contributed by atoms with van der Waals surface area (Å²) in [6.45, 7) is 7.58. The van der Waals surface area contributed by atoms with Crippen LogP contribution in [0, 0.1) is 11.8 Å². The first-order valence-electron chi connectivity index (χ1n) is 12.4. The predicted molar refractivity (Wildman–Crippen MR) is 128 cm³/mol. The van der Waals surface area contributed by atoms with Gasteiger partial charge >= 0.3 is 5.97 Å². The van der Waals surface area contributed by atoms with E-state index in [1.54, 1.807) is 0 Å². The zero-order valence-electron chi connectivity index (χ0n) is 19.4. The van der Waals surface area contributed by atoms with Gasteiger partial charge in [0.2, 0.25) is 0 Å². The van der Waals surface area contributed by atoms with Crippen LogP contribution in [0.2, 0.25) is 0 Å². The molecule has 0 saturated carbocycles. The largest absolute Gasteiger partial charge is 0.466 e. The summed E-state index contributed by atoms with van der Waals surface area (Å²) in [6, 6.07) is 0.320. The molecule has 4 aliphatic rings. The van der Waals surface area contributed by atoms with Crippen molar-refractivity contribution in [3.63, 3.8) is 0 Å².